The summed E-state index contributed by atoms with van der Waals surface area (Å²) in [6.45, 7) is 7.62. The Balaban J connectivity index is 0.00000289. The molecule has 1 saturated heterocycles. The lowest BCUT2D eigenvalue weighted by Crippen LogP contribution is -2.48. The highest BCUT2D eigenvalue weighted by atomic mass is 35.5. The predicted octanol–water partition coefficient (Wildman–Crippen LogP) is 6.48. The van der Waals surface area contributed by atoms with Gasteiger partial charge >= 0.3 is 0 Å². The minimum absolute atomic E-state index is 0. The first-order chi connectivity index (χ1) is 16.5. The van der Waals surface area contributed by atoms with E-state index in [-0.39, 0.29) is 24.3 Å². The van der Waals surface area contributed by atoms with Gasteiger partial charge in [-0.15, -0.1) is 22.6 Å². The zero-order chi connectivity index (χ0) is 23.7. The first kappa shape index (κ1) is 25.2. The lowest BCUT2D eigenvalue weighted by Gasteiger charge is -2.39. The van der Waals surface area contributed by atoms with Crippen molar-refractivity contribution in [3.63, 3.8) is 0 Å². The second kappa shape index (κ2) is 10.8. The van der Waals surface area contributed by atoms with E-state index in [2.05, 4.69) is 52.0 Å². The molecule has 1 aromatic heterocycles. The van der Waals surface area contributed by atoms with Crippen molar-refractivity contribution in [2.24, 2.45) is 0 Å². The third kappa shape index (κ3) is 5.35. The van der Waals surface area contributed by atoms with Crippen molar-refractivity contribution in [1.82, 2.24) is 15.1 Å². The lowest BCUT2D eigenvalue weighted by atomic mass is 10.0. The molecule has 8 heteroatoms. The summed E-state index contributed by atoms with van der Waals surface area (Å²) in [5.74, 6) is 0.577. The number of rotatable bonds is 5. The SMILES string of the molecule is Cc1ccc(C)c(N2CCN(C(c3ccc(F)cc3)c3nnc(-c4ccccc4Cl)o3)CC2)c1.Cl. The summed E-state index contributed by atoms with van der Waals surface area (Å²) in [6.07, 6.45) is 0. The lowest BCUT2D eigenvalue weighted by molar-refractivity contribution is 0.188. The standard InChI is InChI=1S/C27H26ClFN4O.ClH/c1-18-7-8-19(2)24(17-18)32-13-15-33(16-14-32)25(20-9-11-21(29)12-10-20)27-31-30-26(34-27)22-5-3-4-6-23(22)28;/h3-12,17,25H,13-16H2,1-2H3;1H. The van der Waals surface area contributed by atoms with E-state index >= 15 is 0 Å². The molecule has 0 spiro atoms. The number of benzene rings is 3. The molecule has 182 valence electrons. The van der Waals surface area contributed by atoms with Crippen LogP contribution in [0.25, 0.3) is 11.5 Å². The van der Waals surface area contributed by atoms with Crippen LogP contribution in [0.5, 0.6) is 0 Å². The van der Waals surface area contributed by atoms with Crippen molar-refractivity contribution in [2.45, 2.75) is 19.9 Å². The maximum atomic E-state index is 13.7. The van der Waals surface area contributed by atoms with Crippen LogP contribution < -0.4 is 4.90 Å². The average Bonchev–Trinajstić information content (AvgIpc) is 3.32. The summed E-state index contributed by atoms with van der Waals surface area (Å²) in [6, 6.07) is 20.2. The van der Waals surface area contributed by atoms with E-state index in [1.54, 1.807) is 18.2 Å². The van der Waals surface area contributed by atoms with Gasteiger partial charge in [0.1, 0.15) is 11.9 Å². The van der Waals surface area contributed by atoms with E-state index in [0.29, 0.717) is 22.4 Å². The summed E-state index contributed by atoms with van der Waals surface area (Å²) in [5, 5.41) is 9.22. The Morgan fingerprint density at radius 3 is 2.34 bits per heavy atom. The van der Waals surface area contributed by atoms with Crippen LogP contribution in [-0.2, 0) is 0 Å². The van der Waals surface area contributed by atoms with Gasteiger partial charge in [0.25, 0.3) is 0 Å². The van der Waals surface area contributed by atoms with Gasteiger partial charge in [-0.25, -0.2) is 4.39 Å². The third-order valence-corrected chi connectivity index (χ3v) is 6.68. The Bertz CT molecular complexity index is 1290. The number of aryl methyl sites for hydroxylation is 2. The van der Waals surface area contributed by atoms with Gasteiger partial charge in [0.2, 0.25) is 11.8 Å². The van der Waals surface area contributed by atoms with Gasteiger partial charge in [0.05, 0.1) is 10.6 Å². The molecule has 1 aliphatic rings. The highest BCUT2D eigenvalue weighted by Gasteiger charge is 2.31. The van der Waals surface area contributed by atoms with Crippen molar-refractivity contribution in [3.8, 4) is 11.5 Å². The molecule has 0 radical (unpaired) electrons. The second-order valence-corrected chi connectivity index (χ2v) is 9.10. The van der Waals surface area contributed by atoms with Crippen LogP contribution in [0.1, 0.15) is 28.6 Å². The Hall–Kier alpha value is -2.93. The molecular weight excluding hydrogens is 486 g/mol. The fraction of sp³-hybridized carbons (Fsp3) is 0.259. The van der Waals surface area contributed by atoms with Crippen molar-refractivity contribution in [1.29, 1.82) is 0 Å². The van der Waals surface area contributed by atoms with Crippen molar-refractivity contribution in [3.05, 3.63) is 100 Å². The maximum Gasteiger partial charge on any atom is 0.249 e. The van der Waals surface area contributed by atoms with Gasteiger partial charge in [0.15, 0.2) is 0 Å². The smallest absolute Gasteiger partial charge is 0.249 e. The average molecular weight is 513 g/mol. The van der Waals surface area contributed by atoms with Crippen LogP contribution in [0.4, 0.5) is 10.1 Å². The van der Waals surface area contributed by atoms with Crippen LogP contribution in [-0.4, -0.2) is 41.3 Å². The van der Waals surface area contributed by atoms with Crippen LogP contribution in [0.3, 0.4) is 0 Å². The zero-order valence-electron chi connectivity index (χ0n) is 19.6. The zero-order valence-corrected chi connectivity index (χ0v) is 21.2. The van der Waals surface area contributed by atoms with E-state index < -0.39 is 0 Å². The number of nitrogens with zero attached hydrogens (tertiary/aromatic N) is 4. The summed E-state index contributed by atoms with van der Waals surface area (Å²) >= 11 is 6.34. The molecule has 0 N–H and O–H groups in total. The largest absolute Gasteiger partial charge is 0.419 e. The summed E-state index contributed by atoms with van der Waals surface area (Å²) in [5.41, 5.74) is 5.41. The second-order valence-electron chi connectivity index (χ2n) is 8.69. The molecule has 1 aliphatic heterocycles. The molecule has 4 aromatic rings. The number of hydrogen-bond donors (Lipinski definition) is 0. The molecule has 0 aliphatic carbocycles. The quantitative estimate of drug-likeness (QED) is 0.306. The first-order valence-electron chi connectivity index (χ1n) is 11.4. The minimum atomic E-state index is -0.274. The van der Waals surface area contributed by atoms with E-state index in [4.69, 9.17) is 16.0 Å². The van der Waals surface area contributed by atoms with Crippen LogP contribution in [0, 0.1) is 19.7 Å². The van der Waals surface area contributed by atoms with Gasteiger partial charge < -0.3 is 9.32 Å². The minimum Gasteiger partial charge on any atom is -0.419 e. The molecule has 0 amide bonds. The molecule has 35 heavy (non-hydrogen) atoms. The fourth-order valence-electron chi connectivity index (χ4n) is 4.52. The number of piperazine rings is 1. The Labute approximate surface area is 215 Å². The monoisotopic (exact) mass is 512 g/mol. The number of halogens is 3. The molecule has 0 bridgehead atoms. The first-order valence-corrected chi connectivity index (χ1v) is 11.8. The molecule has 5 rings (SSSR count). The van der Waals surface area contributed by atoms with Gasteiger partial charge in [-0.05, 0) is 60.9 Å². The molecule has 2 heterocycles. The molecule has 1 fully saturated rings. The highest BCUT2D eigenvalue weighted by Crippen LogP contribution is 2.33. The van der Waals surface area contributed by atoms with E-state index in [0.717, 1.165) is 31.7 Å². The van der Waals surface area contributed by atoms with Crippen molar-refractivity contribution in [2.75, 3.05) is 31.1 Å². The predicted molar refractivity (Wildman–Crippen MR) is 140 cm³/mol. The van der Waals surface area contributed by atoms with Crippen LogP contribution in [0.15, 0.2) is 71.1 Å². The van der Waals surface area contributed by atoms with E-state index in [9.17, 15) is 4.39 Å². The molecule has 0 saturated carbocycles. The molecular formula is C27H27Cl2FN4O. The normalized spacial score (nSPS) is 15.0. The number of aromatic nitrogens is 2. The Morgan fingerprint density at radius 2 is 1.63 bits per heavy atom. The fourth-order valence-corrected chi connectivity index (χ4v) is 4.74. The van der Waals surface area contributed by atoms with Crippen LogP contribution in [0.2, 0.25) is 5.02 Å². The van der Waals surface area contributed by atoms with E-state index in [1.807, 2.05) is 18.2 Å². The third-order valence-electron chi connectivity index (χ3n) is 6.35. The highest BCUT2D eigenvalue weighted by molar-refractivity contribution is 6.33. The maximum absolute atomic E-state index is 13.7. The Morgan fingerprint density at radius 1 is 0.914 bits per heavy atom. The summed E-state index contributed by atoms with van der Waals surface area (Å²) in [4.78, 5) is 4.74. The molecule has 1 unspecified atom stereocenters. The van der Waals surface area contributed by atoms with Gasteiger partial charge in [0, 0.05) is 31.9 Å². The number of hydrogen-bond acceptors (Lipinski definition) is 5. The molecule has 1 atom stereocenters. The Kier molecular flexibility index (Phi) is 7.75. The van der Waals surface area contributed by atoms with Crippen molar-refractivity contribution >= 4 is 29.7 Å². The van der Waals surface area contributed by atoms with E-state index in [1.165, 1.54) is 28.9 Å². The van der Waals surface area contributed by atoms with Gasteiger partial charge in [-0.2, -0.15) is 0 Å². The van der Waals surface area contributed by atoms with Crippen LogP contribution >= 0.6 is 24.0 Å². The summed E-state index contributed by atoms with van der Waals surface area (Å²) < 4.78 is 19.8. The molecule has 5 nitrogen and oxygen atoms in total. The van der Waals surface area contributed by atoms with Gasteiger partial charge in [-0.3, -0.25) is 4.90 Å². The number of anilines is 1. The summed E-state index contributed by atoms with van der Waals surface area (Å²) in [7, 11) is 0. The van der Waals surface area contributed by atoms with Crippen molar-refractivity contribution < 1.29 is 8.81 Å². The molecule has 3 aromatic carbocycles. The topological polar surface area (TPSA) is 45.4 Å². The van der Waals surface area contributed by atoms with Gasteiger partial charge in [-0.1, -0.05) is 48.0 Å².